The number of rotatable bonds is 11. The van der Waals surface area contributed by atoms with Gasteiger partial charge in [-0.15, -0.1) is 0 Å². The second-order valence-electron chi connectivity index (χ2n) is 14.1. The fourth-order valence-corrected chi connectivity index (χ4v) is 8.83. The topological polar surface area (TPSA) is 137 Å². The van der Waals surface area contributed by atoms with Crippen molar-refractivity contribution in [3.05, 3.63) is 71.9 Å². The second-order valence-corrected chi connectivity index (χ2v) is 15.8. The number of sulfonamides is 1. The van der Waals surface area contributed by atoms with E-state index in [-0.39, 0.29) is 40.2 Å². The smallest absolute Gasteiger partial charge is 0.257 e. The highest BCUT2D eigenvalue weighted by Gasteiger charge is 2.47. The fraction of sp³-hybridized carbons (Fsp3) is 0.528. The molecule has 3 fully saturated rings. The van der Waals surface area contributed by atoms with Crippen LogP contribution in [0.4, 0.5) is 10.2 Å². The number of aromatic nitrogens is 2. The molecule has 6 rings (SSSR count). The quantitative estimate of drug-likeness (QED) is 0.296. The van der Waals surface area contributed by atoms with E-state index in [9.17, 15) is 22.7 Å². The first-order valence-corrected chi connectivity index (χ1v) is 18.8. The maximum absolute atomic E-state index is 14.3. The zero-order valence-electron chi connectivity index (χ0n) is 29.1. The average Bonchev–Trinajstić information content (AvgIpc) is 3.06. The fourth-order valence-electron chi connectivity index (χ4n) is 7.33. The van der Waals surface area contributed by atoms with Crippen molar-refractivity contribution in [2.24, 2.45) is 5.41 Å². The van der Waals surface area contributed by atoms with Crippen molar-refractivity contribution in [3.8, 4) is 11.5 Å². The maximum atomic E-state index is 14.3. The van der Waals surface area contributed by atoms with Crippen LogP contribution in [0.2, 0.25) is 0 Å². The summed E-state index contributed by atoms with van der Waals surface area (Å²) < 4.78 is 55.0. The maximum Gasteiger partial charge on any atom is 0.257 e. The van der Waals surface area contributed by atoms with Crippen molar-refractivity contribution in [1.29, 1.82) is 0 Å². The van der Waals surface area contributed by atoms with E-state index in [0.717, 1.165) is 39.0 Å². The monoisotopic (exact) mass is 710 g/mol. The van der Waals surface area contributed by atoms with Gasteiger partial charge in [-0.05, 0) is 89.9 Å². The van der Waals surface area contributed by atoms with Gasteiger partial charge < -0.3 is 24.4 Å². The summed E-state index contributed by atoms with van der Waals surface area (Å²) in [6.45, 7) is 11.5. The van der Waals surface area contributed by atoms with Crippen LogP contribution in [0, 0.1) is 18.2 Å². The first-order chi connectivity index (χ1) is 23.8. The Balaban J connectivity index is 1.02. The lowest BCUT2D eigenvalue weighted by Gasteiger charge is -2.55. The highest BCUT2D eigenvalue weighted by Crippen LogP contribution is 2.45. The molecule has 12 nitrogen and oxygen atoms in total. The summed E-state index contributed by atoms with van der Waals surface area (Å²) in [4.78, 5) is 28.3. The van der Waals surface area contributed by atoms with Crippen LogP contribution in [-0.2, 0) is 14.8 Å². The second kappa shape index (κ2) is 14.5. The number of nitrogens with one attached hydrogen (secondary N) is 1. The number of nitrogens with zero attached hydrogens (tertiary/aromatic N) is 5. The van der Waals surface area contributed by atoms with E-state index in [1.165, 1.54) is 24.5 Å². The van der Waals surface area contributed by atoms with Gasteiger partial charge in [0, 0.05) is 43.6 Å². The summed E-state index contributed by atoms with van der Waals surface area (Å²) in [7, 11) is -3.69. The number of amides is 1. The molecule has 3 aromatic rings. The normalized spacial score (nSPS) is 22.4. The van der Waals surface area contributed by atoms with Crippen molar-refractivity contribution in [2.75, 3.05) is 50.8 Å². The molecule has 2 atom stereocenters. The summed E-state index contributed by atoms with van der Waals surface area (Å²) in [5.74, 6) is -0.913. The van der Waals surface area contributed by atoms with Gasteiger partial charge in [-0.25, -0.2) is 27.5 Å². The third-order valence-electron chi connectivity index (χ3n) is 10.2. The van der Waals surface area contributed by atoms with Crippen LogP contribution in [0.25, 0.3) is 0 Å². The molecule has 0 aliphatic carbocycles. The Morgan fingerprint density at radius 3 is 2.56 bits per heavy atom. The van der Waals surface area contributed by atoms with E-state index >= 15 is 0 Å². The Morgan fingerprint density at radius 2 is 1.90 bits per heavy atom. The number of carbonyl (C=O) groups is 1. The Bertz CT molecular complexity index is 1780. The van der Waals surface area contributed by atoms with Gasteiger partial charge in [0.2, 0.25) is 10.0 Å². The van der Waals surface area contributed by atoms with Crippen molar-refractivity contribution in [1.82, 2.24) is 24.5 Å². The zero-order valence-corrected chi connectivity index (χ0v) is 30.0. The van der Waals surface area contributed by atoms with Gasteiger partial charge in [-0.3, -0.25) is 9.69 Å². The molecule has 2 N–H and O–H groups in total. The van der Waals surface area contributed by atoms with Crippen LogP contribution in [0.1, 0.15) is 62.4 Å². The van der Waals surface area contributed by atoms with Gasteiger partial charge in [0.05, 0.1) is 29.8 Å². The Kier molecular flexibility index (Phi) is 10.5. The predicted octanol–water partition coefficient (Wildman–Crippen LogP) is 4.34. The standard InChI is InChI=1S/C36H47FN6O6S/c1-5-43(25(2)3)34(44)29-18-27(37)10-11-30(29)49-31-19-38-24-39-33(31)42-21-35(22-42)14-16-41(17-15-35)23-36(45)13-12-28(20-48-36)40-50(46,47)32-9-7-6-8-26(32)4/h6-11,18-19,24-25,28,40,45H,5,12-17,20-23H2,1-4H3/t28-,36-/m1/s1. The number of carbonyl (C=O) groups excluding carboxylic acids is 1. The van der Waals surface area contributed by atoms with E-state index < -0.39 is 27.7 Å². The number of benzene rings is 2. The molecule has 270 valence electrons. The van der Waals surface area contributed by atoms with E-state index in [1.807, 2.05) is 20.8 Å². The Morgan fingerprint density at radius 1 is 1.16 bits per heavy atom. The Labute approximate surface area is 293 Å². The molecule has 0 radical (unpaired) electrons. The number of piperidine rings is 1. The molecule has 3 aliphatic heterocycles. The van der Waals surface area contributed by atoms with Crippen LogP contribution in [0.15, 0.2) is 59.9 Å². The molecule has 1 aromatic heterocycles. The predicted molar refractivity (Wildman–Crippen MR) is 186 cm³/mol. The van der Waals surface area contributed by atoms with Crippen LogP contribution in [-0.4, -0.2) is 103 Å². The highest BCUT2D eigenvalue weighted by molar-refractivity contribution is 7.89. The Hall–Kier alpha value is -3.69. The molecule has 4 heterocycles. The number of hydrogen-bond acceptors (Lipinski definition) is 10. The summed E-state index contributed by atoms with van der Waals surface area (Å²) in [6.07, 6.45) is 5.69. The van der Waals surface area contributed by atoms with Crippen LogP contribution < -0.4 is 14.4 Å². The summed E-state index contributed by atoms with van der Waals surface area (Å²) in [5, 5.41) is 11.3. The van der Waals surface area contributed by atoms with Crippen molar-refractivity contribution in [2.45, 2.75) is 76.1 Å². The highest BCUT2D eigenvalue weighted by atomic mass is 32.2. The molecule has 2 aromatic carbocycles. The first-order valence-electron chi connectivity index (χ1n) is 17.3. The molecule has 3 saturated heterocycles. The number of likely N-dealkylation sites (tertiary alicyclic amines) is 1. The molecule has 0 bridgehead atoms. The third-order valence-corrected chi connectivity index (χ3v) is 11.8. The number of aliphatic hydroxyl groups is 1. The number of halogens is 1. The van der Waals surface area contributed by atoms with E-state index in [0.29, 0.717) is 43.1 Å². The summed E-state index contributed by atoms with van der Waals surface area (Å²) in [6, 6.07) is 10.3. The largest absolute Gasteiger partial charge is 0.451 e. The number of ether oxygens (including phenoxy) is 2. The van der Waals surface area contributed by atoms with Gasteiger partial charge in [-0.2, -0.15) is 0 Å². The molecular weight excluding hydrogens is 663 g/mol. The van der Waals surface area contributed by atoms with Gasteiger partial charge in [0.15, 0.2) is 17.4 Å². The molecular formula is C36H47FN6O6S. The summed E-state index contributed by atoms with van der Waals surface area (Å²) >= 11 is 0. The zero-order chi connectivity index (χ0) is 35.7. The molecule has 3 aliphatic rings. The number of hydrogen-bond donors (Lipinski definition) is 2. The van der Waals surface area contributed by atoms with Crippen LogP contribution in [0.5, 0.6) is 11.5 Å². The van der Waals surface area contributed by atoms with Crippen LogP contribution in [0.3, 0.4) is 0 Å². The van der Waals surface area contributed by atoms with Crippen molar-refractivity contribution < 1.29 is 32.2 Å². The third kappa shape index (κ3) is 7.79. The molecule has 0 saturated carbocycles. The molecule has 14 heteroatoms. The minimum atomic E-state index is -3.69. The lowest BCUT2D eigenvalue weighted by atomic mass is 9.72. The van der Waals surface area contributed by atoms with Crippen molar-refractivity contribution >= 4 is 21.7 Å². The van der Waals surface area contributed by atoms with Crippen LogP contribution >= 0.6 is 0 Å². The molecule has 1 spiro atoms. The van der Waals surface area contributed by atoms with Gasteiger partial charge in [0.1, 0.15) is 17.9 Å². The molecule has 50 heavy (non-hydrogen) atoms. The van der Waals surface area contributed by atoms with E-state index in [2.05, 4.69) is 24.5 Å². The number of anilines is 1. The molecule has 1 amide bonds. The molecule has 0 unspecified atom stereocenters. The lowest BCUT2D eigenvalue weighted by molar-refractivity contribution is -0.239. The van der Waals surface area contributed by atoms with E-state index in [4.69, 9.17) is 9.47 Å². The summed E-state index contributed by atoms with van der Waals surface area (Å²) in [5.41, 5.74) is 0.906. The minimum absolute atomic E-state index is 0.0635. The minimum Gasteiger partial charge on any atom is -0.451 e. The number of β-amino-alcohol motifs (C(OH)–C–C–N with tert-alkyl or cyclic N) is 1. The van der Waals surface area contributed by atoms with Gasteiger partial charge in [-0.1, -0.05) is 18.2 Å². The van der Waals surface area contributed by atoms with Gasteiger partial charge >= 0.3 is 0 Å². The SMILES string of the molecule is CCN(C(=O)c1cc(F)ccc1Oc1cncnc1N1CC2(CCN(C[C@@]3(O)CC[C@@H](NS(=O)(=O)c4ccccc4C)CO3)CC2)C1)C(C)C. The van der Waals surface area contributed by atoms with E-state index in [1.54, 1.807) is 42.3 Å². The average molecular weight is 711 g/mol. The van der Waals surface area contributed by atoms with Gasteiger partial charge in [0.25, 0.3) is 5.91 Å². The first kappa shape index (κ1) is 36.1. The number of aryl methyl sites for hydroxylation is 1. The lowest BCUT2D eigenvalue weighted by Crippen LogP contribution is -2.62. The van der Waals surface area contributed by atoms with Crippen molar-refractivity contribution in [3.63, 3.8) is 0 Å².